The Hall–Kier alpha value is -3.44. The number of aliphatic hydroxyl groups excluding tert-OH is 1. The third-order valence-corrected chi connectivity index (χ3v) is 8.29. The number of guanidine groups is 1. The van der Waals surface area contributed by atoms with Crippen molar-refractivity contribution in [2.45, 2.75) is 57.5 Å². The van der Waals surface area contributed by atoms with E-state index >= 15 is 0 Å². The number of pyridine rings is 1. The number of hydrogen-bond donors (Lipinski definition) is 6. The van der Waals surface area contributed by atoms with E-state index in [1.807, 2.05) is 26.0 Å². The molecule has 1 aromatic carbocycles. The first-order valence-electron chi connectivity index (χ1n) is 14.5. The number of benzene rings is 1. The number of nitrogens with zero attached hydrogens (tertiary/aromatic N) is 4. The van der Waals surface area contributed by atoms with Gasteiger partial charge in [0.2, 0.25) is 5.96 Å². The first-order chi connectivity index (χ1) is 19.6. The van der Waals surface area contributed by atoms with Gasteiger partial charge in [-0.3, -0.25) is 5.32 Å². The number of likely N-dealkylation sites (N-methyl/N-ethyl adjacent to an activating group) is 1. The molecule has 3 atom stereocenters. The highest BCUT2D eigenvalue weighted by Gasteiger charge is 2.37. The average molecular weight is 561 g/mol. The predicted molar refractivity (Wildman–Crippen MR) is 166 cm³/mol. The number of piperazine rings is 1. The topological polar surface area (TPSA) is 120 Å². The van der Waals surface area contributed by atoms with Crippen molar-refractivity contribution in [2.24, 2.45) is 4.99 Å². The summed E-state index contributed by atoms with van der Waals surface area (Å²) in [7, 11) is 2.16. The maximum Gasteiger partial charge on any atom is 0.202 e. The van der Waals surface area contributed by atoms with E-state index in [1.54, 1.807) is 12.3 Å². The molecule has 1 fully saturated rings. The van der Waals surface area contributed by atoms with Gasteiger partial charge in [-0.25, -0.2) is 9.98 Å². The fourth-order valence-corrected chi connectivity index (χ4v) is 5.91. The number of hydrogen-bond acceptors (Lipinski definition) is 10. The Morgan fingerprint density at radius 1 is 1.17 bits per heavy atom. The predicted octanol–water partition coefficient (Wildman–Crippen LogP) is 2.86. The van der Waals surface area contributed by atoms with Gasteiger partial charge >= 0.3 is 0 Å². The highest BCUT2D eigenvalue weighted by Crippen LogP contribution is 2.36. The highest BCUT2D eigenvalue weighted by atomic mass is 16.3. The quantitative estimate of drug-likeness (QED) is 0.214. The van der Waals surface area contributed by atoms with Gasteiger partial charge in [0, 0.05) is 55.9 Å². The van der Waals surface area contributed by atoms with E-state index in [9.17, 15) is 10.2 Å². The zero-order valence-corrected chi connectivity index (χ0v) is 24.7. The van der Waals surface area contributed by atoms with Crippen LogP contribution in [0.1, 0.15) is 43.5 Å². The number of aryl methyl sites for hydroxylation is 2. The fraction of sp³-hybridized carbons (Fsp3) is 0.484. The smallest absolute Gasteiger partial charge is 0.202 e. The molecule has 10 nitrogen and oxygen atoms in total. The molecule has 6 N–H and O–H groups in total. The van der Waals surface area contributed by atoms with Gasteiger partial charge in [-0.15, -0.1) is 6.58 Å². The highest BCUT2D eigenvalue weighted by molar-refractivity contribution is 5.96. The molecule has 1 saturated heterocycles. The molecule has 0 saturated carbocycles. The summed E-state index contributed by atoms with van der Waals surface area (Å²) in [4.78, 5) is 14.6. The van der Waals surface area contributed by atoms with Gasteiger partial charge in [-0.2, -0.15) is 0 Å². The molecule has 2 aromatic rings. The molecule has 3 heterocycles. The number of aromatic nitrogens is 1. The van der Waals surface area contributed by atoms with Crippen molar-refractivity contribution in [1.82, 2.24) is 20.5 Å². The first-order valence-corrected chi connectivity index (χ1v) is 14.5. The van der Waals surface area contributed by atoms with Crippen molar-refractivity contribution < 1.29 is 10.2 Å². The van der Waals surface area contributed by atoms with Crippen LogP contribution in [-0.2, 0) is 12.0 Å². The Bertz CT molecular complexity index is 1330. The lowest BCUT2D eigenvalue weighted by molar-refractivity contribution is 0.0341. The number of fused-ring (bicyclic) bond motifs is 1. The summed E-state index contributed by atoms with van der Waals surface area (Å²) in [5, 5.41) is 35.1. The zero-order valence-electron chi connectivity index (χ0n) is 24.7. The van der Waals surface area contributed by atoms with Crippen LogP contribution in [0.4, 0.5) is 17.2 Å². The lowest BCUT2D eigenvalue weighted by atomic mass is 9.84. The minimum absolute atomic E-state index is 0.433. The van der Waals surface area contributed by atoms with E-state index < -0.39 is 17.5 Å². The summed E-state index contributed by atoms with van der Waals surface area (Å²) < 4.78 is 0. The van der Waals surface area contributed by atoms with E-state index in [-0.39, 0.29) is 0 Å². The molecule has 10 heteroatoms. The molecular weight excluding hydrogens is 516 g/mol. The van der Waals surface area contributed by atoms with Gasteiger partial charge in [0.05, 0.1) is 5.69 Å². The maximum absolute atomic E-state index is 11.0. The first kappa shape index (κ1) is 29.1. The summed E-state index contributed by atoms with van der Waals surface area (Å²) in [6, 6.07) is 10.3. The molecule has 0 bridgehead atoms. The van der Waals surface area contributed by atoms with Crippen molar-refractivity contribution in [3.63, 3.8) is 0 Å². The Morgan fingerprint density at radius 3 is 2.68 bits per heavy atom. The van der Waals surface area contributed by atoms with Crippen molar-refractivity contribution in [2.75, 3.05) is 55.3 Å². The number of aliphatic imine (C=N–C) groups is 1. The summed E-state index contributed by atoms with van der Waals surface area (Å²) >= 11 is 0. The molecule has 0 amide bonds. The standard InChI is InChI=1S/C31H44N8O2/c1-6-14-32-28(40)24-20-33-29(34-23-10-11-25(21(2)19-23)39-17-15-38(5)16-18-39)37-31(24,4)36-26-12-9-22-8-7-13-30(3,41)27(22)35-26/h6,9-12,19-20,28,32,40-41H,1,7-8,13-18H2,2-5H3,(H,35,36)(H2,33,34,37). The van der Waals surface area contributed by atoms with Crippen LogP contribution in [0.2, 0.25) is 0 Å². The summed E-state index contributed by atoms with van der Waals surface area (Å²) in [6.07, 6.45) is 4.99. The molecule has 0 spiro atoms. The van der Waals surface area contributed by atoms with Gasteiger partial charge in [-0.1, -0.05) is 12.1 Å². The van der Waals surface area contributed by atoms with E-state index in [2.05, 4.69) is 69.8 Å². The number of aliphatic hydroxyl groups is 2. The molecular formula is C31H44N8O2. The second-order valence-electron chi connectivity index (χ2n) is 11.7. The van der Waals surface area contributed by atoms with Crippen LogP contribution in [0.5, 0.6) is 0 Å². The second kappa shape index (κ2) is 11.8. The van der Waals surface area contributed by atoms with Crippen LogP contribution >= 0.6 is 0 Å². The molecule has 5 rings (SSSR count). The minimum Gasteiger partial charge on any atom is -0.384 e. The second-order valence-corrected chi connectivity index (χ2v) is 11.7. The maximum atomic E-state index is 11.0. The largest absolute Gasteiger partial charge is 0.384 e. The van der Waals surface area contributed by atoms with E-state index in [4.69, 9.17) is 9.98 Å². The summed E-state index contributed by atoms with van der Waals surface area (Å²) in [5.74, 6) is 1.11. The lowest BCUT2D eigenvalue weighted by Gasteiger charge is -2.37. The number of rotatable bonds is 8. The molecule has 1 aliphatic carbocycles. The van der Waals surface area contributed by atoms with Crippen LogP contribution in [0.25, 0.3) is 0 Å². The zero-order chi connectivity index (χ0) is 29.2. The van der Waals surface area contributed by atoms with E-state index in [1.165, 1.54) is 11.3 Å². The number of anilines is 3. The Labute approximate surface area is 243 Å². The monoisotopic (exact) mass is 560 g/mol. The average Bonchev–Trinajstić information content (AvgIpc) is 2.92. The van der Waals surface area contributed by atoms with Crippen LogP contribution in [0.15, 0.2) is 59.8 Å². The Morgan fingerprint density at radius 2 is 1.95 bits per heavy atom. The van der Waals surface area contributed by atoms with Crippen LogP contribution < -0.4 is 26.2 Å². The summed E-state index contributed by atoms with van der Waals surface area (Å²) in [5.41, 5.74) is 3.69. The third kappa shape index (κ3) is 6.41. The summed E-state index contributed by atoms with van der Waals surface area (Å²) in [6.45, 7) is 14.2. The molecule has 1 aromatic heterocycles. The fourth-order valence-electron chi connectivity index (χ4n) is 5.91. The van der Waals surface area contributed by atoms with Gasteiger partial charge < -0.3 is 36.0 Å². The van der Waals surface area contributed by atoms with E-state index in [0.717, 1.165) is 50.3 Å². The van der Waals surface area contributed by atoms with Crippen LogP contribution in [0, 0.1) is 6.92 Å². The van der Waals surface area contributed by atoms with Gasteiger partial charge in [0.15, 0.2) is 5.66 Å². The van der Waals surface area contributed by atoms with Crippen LogP contribution in [0.3, 0.4) is 0 Å². The normalized spacial score (nSPS) is 25.4. The lowest BCUT2D eigenvalue weighted by Crippen LogP contribution is -2.50. The molecule has 3 aliphatic rings. The molecule has 2 aliphatic heterocycles. The Balaban J connectivity index is 1.40. The van der Waals surface area contributed by atoms with Crippen LogP contribution in [-0.4, -0.2) is 77.7 Å². The number of nitrogens with one attached hydrogen (secondary N) is 4. The minimum atomic E-state index is -1.04. The van der Waals surface area contributed by atoms with Crippen molar-refractivity contribution >= 4 is 23.2 Å². The molecule has 0 radical (unpaired) electrons. The van der Waals surface area contributed by atoms with Crippen molar-refractivity contribution in [1.29, 1.82) is 0 Å². The third-order valence-electron chi connectivity index (χ3n) is 8.29. The molecule has 41 heavy (non-hydrogen) atoms. The van der Waals surface area contributed by atoms with Gasteiger partial charge in [0.25, 0.3) is 0 Å². The molecule has 220 valence electrons. The van der Waals surface area contributed by atoms with Crippen molar-refractivity contribution in [3.8, 4) is 0 Å². The Kier molecular flexibility index (Phi) is 8.37. The molecule has 3 unspecified atom stereocenters. The van der Waals surface area contributed by atoms with Gasteiger partial charge in [0.1, 0.15) is 17.6 Å². The van der Waals surface area contributed by atoms with Crippen molar-refractivity contribution in [3.05, 3.63) is 71.6 Å². The van der Waals surface area contributed by atoms with Gasteiger partial charge in [-0.05, 0) is 82.5 Å². The SMILES string of the molecule is C=CCNC(O)C1=CNC(Nc2ccc(N3CCN(C)CC3)c(C)c2)=NC1(C)Nc1ccc2c(n1)C(C)(O)CCC2. The van der Waals surface area contributed by atoms with E-state index in [0.29, 0.717) is 36.0 Å².